The van der Waals surface area contributed by atoms with Gasteiger partial charge in [0.1, 0.15) is 11.9 Å². The topological polar surface area (TPSA) is 53.7 Å². The molecule has 5 heteroatoms. The van der Waals surface area contributed by atoms with Gasteiger partial charge in [-0.2, -0.15) is 0 Å². The lowest BCUT2D eigenvalue weighted by atomic mass is 9.85. The minimum absolute atomic E-state index is 0.0423. The number of hydrogen-bond donors (Lipinski definition) is 1. The highest BCUT2D eigenvalue weighted by molar-refractivity contribution is 9.10. The Bertz CT molecular complexity index is 483. The van der Waals surface area contributed by atoms with Crippen LogP contribution in [0.15, 0.2) is 22.7 Å². The standard InChI is InChI=1S/C16H22BrNO3/c17-13-1-2-15(12(9-13)11-18)21-14-3-6-20-16(10-14)4-7-19-8-5-16/h1-2,9,14H,3-8,10-11,18H2. The first kappa shape index (κ1) is 15.3. The molecule has 0 bridgehead atoms. The molecule has 4 nitrogen and oxygen atoms in total. The van der Waals surface area contributed by atoms with Crippen LogP contribution in [0.1, 0.15) is 31.2 Å². The van der Waals surface area contributed by atoms with Crippen LogP contribution in [0.2, 0.25) is 0 Å². The minimum atomic E-state index is -0.0423. The first-order chi connectivity index (χ1) is 10.2. The molecule has 2 heterocycles. The molecule has 1 atom stereocenters. The van der Waals surface area contributed by atoms with Gasteiger partial charge in [-0.3, -0.25) is 0 Å². The zero-order chi connectivity index (χ0) is 14.7. The first-order valence-electron chi connectivity index (χ1n) is 7.58. The molecule has 1 spiro atoms. The van der Waals surface area contributed by atoms with Crippen LogP contribution in [-0.4, -0.2) is 31.5 Å². The monoisotopic (exact) mass is 355 g/mol. The molecule has 0 amide bonds. The van der Waals surface area contributed by atoms with Crippen molar-refractivity contribution in [2.45, 2.75) is 43.9 Å². The Morgan fingerprint density at radius 2 is 2.10 bits per heavy atom. The van der Waals surface area contributed by atoms with E-state index in [2.05, 4.69) is 15.9 Å². The van der Waals surface area contributed by atoms with Gasteiger partial charge in [-0.15, -0.1) is 0 Å². The van der Waals surface area contributed by atoms with Gasteiger partial charge < -0.3 is 19.9 Å². The largest absolute Gasteiger partial charge is 0.490 e. The second-order valence-corrected chi connectivity index (χ2v) is 6.75. The summed E-state index contributed by atoms with van der Waals surface area (Å²) in [6.45, 7) is 2.83. The quantitative estimate of drug-likeness (QED) is 0.905. The summed E-state index contributed by atoms with van der Waals surface area (Å²) in [5.41, 5.74) is 6.82. The Kier molecular flexibility index (Phi) is 4.84. The van der Waals surface area contributed by atoms with Crippen LogP contribution >= 0.6 is 15.9 Å². The summed E-state index contributed by atoms with van der Waals surface area (Å²) in [7, 11) is 0. The van der Waals surface area contributed by atoms with E-state index in [1.54, 1.807) is 0 Å². The summed E-state index contributed by atoms with van der Waals surface area (Å²) in [6.07, 6.45) is 4.01. The van der Waals surface area contributed by atoms with Gasteiger partial charge in [0.15, 0.2) is 0 Å². The lowest BCUT2D eigenvalue weighted by Crippen LogP contribution is -2.47. The predicted molar refractivity (Wildman–Crippen MR) is 84.4 cm³/mol. The summed E-state index contributed by atoms with van der Waals surface area (Å²) in [6, 6.07) is 6.02. The minimum Gasteiger partial charge on any atom is -0.490 e. The van der Waals surface area contributed by atoms with E-state index in [-0.39, 0.29) is 11.7 Å². The van der Waals surface area contributed by atoms with E-state index in [1.165, 1.54) is 0 Å². The average Bonchev–Trinajstić information content (AvgIpc) is 2.50. The van der Waals surface area contributed by atoms with Gasteiger partial charge in [-0.05, 0) is 31.0 Å². The molecule has 21 heavy (non-hydrogen) atoms. The number of nitrogens with two attached hydrogens (primary N) is 1. The maximum Gasteiger partial charge on any atom is 0.124 e. The third-order valence-electron chi connectivity index (χ3n) is 4.39. The molecule has 2 fully saturated rings. The lowest BCUT2D eigenvalue weighted by Gasteiger charge is -2.43. The van der Waals surface area contributed by atoms with Crippen molar-refractivity contribution in [3.8, 4) is 5.75 Å². The van der Waals surface area contributed by atoms with Gasteiger partial charge in [-0.25, -0.2) is 0 Å². The molecule has 3 rings (SSSR count). The molecule has 116 valence electrons. The van der Waals surface area contributed by atoms with Gasteiger partial charge >= 0.3 is 0 Å². The molecule has 0 aliphatic carbocycles. The Morgan fingerprint density at radius 1 is 1.29 bits per heavy atom. The van der Waals surface area contributed by atoms with E-state index in [0.717, 1.165) is 61.3 Å². The Hall–Kier alpha value is -0.620. The molecule has 1 aromatic rings. The van der Waals surface area contributed by atoms with E-state index in [0.29, 0.717) is 6.54 Å². The fourth-order valence-electron chi connectivity index (χ4n) is 3.18. The second kappa shape index (κ2) is 6.65. The summed E-state index contributed by atoms with van der Waals surface area (Å²) in [4.78, 5) is 0. The molecular weight excluding hydrogens is 334 g/mol. The highest BCUT2D eigenvalue weighted by Crippen LogP contribution is 2.36. The van der Waals surface area contributed by atoms with E-state index in [4.69, 9.17) is 19.9 Å². The molecule has 1 aromatic carbocycles. The van der Waals surface area contributed by atoms with Crippen molar-refractivity contribution < 1.29 is 14.2 Å². The maximum atomic E-state index is 6.24. The third-order valence-corrected chi connectivity index (χ3v) is 4.88. The normalized spacial score (nSPS) is 25.0. The van der Waals surface area contributed by atoms with Crippen molar-refractivity contribution in [1.82, 2.24) is 0 Å². The van der Waals surface area contributed by atoms with Crippen molar-refractivity contribution in [1.29, 1.82) is 0 Å². The molecule has 0 saturated carbocycles. The van der Waals surface area contributed by atoms with Crippen LogP contribution in [0.25, 0.3) is 0 Å². The SMILES string of the molecule is NCc1cc(Br)ccc1OC1CCOC2(CCOCC2)C1. The van der Waals surface area contributed by atoms with Crippen molar-refractivity contribution in [3.05, 3.63) is 28.2 Å². The van der Waals surface area contributed by atoms with Crippen LogP contribution in [0.5, 0.6) is 5.75 Å². The van der Waals surface area contributed by atoms with Gasteiger partial charge in [0.25, 0.3) is 0 Å². The highest BCUT2D eigenvalue weighted by atomic mass is 79.9. The van der Waals surface area contributed by atoms with Crippen LogP contribution in [-0.2, 0) is 16.0 Å². The van der Waals surface area contributed by atoms with E-state index in [1.807, 2.05) is 18.2 Å². The Balaban J connectivity index is 1.70. The molecule has 2 saturated heterocycles. The zero-order valence-corrected chi connectivity index (χ0v) is 13.7. The highest BCUT2D eigenvalue weighted by Gasteiger charge is 2.39. The van der Waals surface area contributed by atoms with Crippen molar-refractivity contribution >= 4 is 15.9 Å². The second-order valence-electron chi connectivity index (χ2n) is 5.83. The molecule has 0 radical (unpaired) electrons. The smallest absolute Gasteiger partial charge is 0.124 e. The van der Waals surface area contributed by atoms with E-state index in [9.17, 15) is 0 Å². The fraction of sp³-hybridized carbons (Fsp3) is 0.625. The summed E-state index contributed by atoms with van der Waals surface area (Å²) in [5, 5.41) is 0. The van der Waals surface area contributed by atoms with Crippen molar-refractivity contribution in [2.75, 3.05) is 19.8 Å². The summed E-state index contributed by atoms with van der Waals surface area (Å²) in [5.74, 6) is 0.898. The van der Waals surface area contributed by atoms with Crippen LogP contribution in [0.3, 0.4) is 0 Å². The molecule has 0 aromatic heterocycles. The van der Waals surface area contributed by atoms with E-state index < -0.39 is 0 Å². The summed E-state index contributed by atoms with van der Waals surface area (Å²) < 4.78 is 18.8. The first-order valence-corrected chi connectivity index (χ1v) is 8.37. The van der Waals surface area contributed by atoms with Gasteiger partial charge in [0, 0.05) is 42.6 Å². The number of rotatable bonds is 3. The summed E-state index contributed by atoms with van der Waals surface area (Å²) >= 11 is 3.47. The number of hydrogen-bond acceptors (Lipinski definition) is 4. The van der Waals surface area contributed by atoms with Crippen LogP contribution in [0, 0.1) is 0 Å². The van der Waals surface area contributed by atoms with Crippen LogP contribution < -0.4 is 10.5 Å². The molecular formula is C16H22BrNO3. The molecule has 2 aliphatic rings. The number of ether oxygens (including phenoxy) is 3. The average molecular weight is 356 g/mol. The van der Waals surface area contributed by atoms with Gasteiger partial charge in [0.05, 0.1) is 12.2 Å². The lowest BCUT2D eigenvalue weighted by molar-refractivity contribution is -0.155. The van der Waals surface area contributed by atoms with E-state index >= 15 is 0 Å². The van der Waals surface area contributed by atoms with Crippen LogP contribution in [0.4, 0.5) is 0 Å². The Labute approximate surface area is 134 Å². The van der Waals surface area contributed by atoms with Gasteiger partial charge in [-0.1, -0.05) is 15.9 Å². The van der Waals surface area contributed by atoms with Crippen molar-refractivity contribution in [3.63, 3.8) is 0 Å². The fourth-order valence-corrected chi connectivity index (χ4v) is 3.59. The van der Waals surface area contributed by atoms with Crippen molar-refractivity contribution in [2.24, 2.45) is 5.73 Å². The molecule has 2 N–H and O–H groups in total. The number of halogens is 1. The van der Waals surface area contributed by atoms with Gasteiger partial charge in [0.2, 0.25) is 0 Å². The predicted octanol–water partition coefficient (Wildman–Crippen LogP) is 3.01. The Morgan fingerprint density at radius 3 is 2.86 bits per heavy atom. The third kappa shape index (κ3) is 3.59. The maximum absolute atomic E-state index is 6.24. The zero-order valence-electron chi connectivity index (χ0n) is 12.1. The molecule has 1 unspecified atom stereocenters. The number of benzene rings is 1. The molecule has 2 aliphatic heterocycles.